The molecule has 1 aliphatic carbocycles. The molecule has 1 aromatic rings. The quantitative estimate of drug-likeness (QED) is 0.924. The van der Waals surface area contributed by atoms with Crippen LogP contribution in [0.5, 0.6) is 0 Å². The van der Waals surface area contributed by atoms with Crippen molar-refractivity contribution in [3.05, 3.63) is 28.2 Å². The summed E-state index contributed by atoms with van der Waals surface area (Å²) < 4.78 is 24.5. The molecule has 1 fully saturated rings. The van der Waals surface area contributed by atoms with Gasteiger partial charge in [0.2, 0.25) is 0 Å². The molecule has 0 radical (unpaired) electrons. The van der Waals surface area contributed by atoms with Crippen molar-refractivity contribution in [3.63, 3.8) is 0 Å². The summed E-state index contributed by atoms with van der Waals surface area (Å²) >= 11 is 3.29. The third-order valence-electron chi connectivity index (χ3n) is 2.50. The Hall–Kier alpha value is -0.390. The molecular weight excluding hydrogens is 278 g/mol. The van der Waals surface area contributed by atoms with E-state index in [4.69, 9.17) is 5.73 Å². The van der Waals surface area contributed by atoms with Crippen molar-refractivity contribution < 1.29 is 8.42 Å². The van der Waals surface area contributed by atoms with Crippen LogP contribution >= 0.6 is 15.9 Å². The number of hydrogen-bond donors (Lipinski definition) is 1. The maximum atomic E-state index is 12.0. The van der Waals surface area contributed by atoms with Gasteiger partial charge in [-0.05, 0) is 46.5 Å². The van der Waals surface area contributed by atoms with E-state index in [1.165, 1.54) is 0 Å². The highest BCUT2D eigenvalue weighted by Gasteiger charge is 2.37. The first-order chi connectivity index (χ1) is 7.05. The van der Waals surface area contributed by atoms with Crippen LogP contribution in [0.2, 0.25) is 0 Å². The Kier molecular flexibility index (Phi) is 2.87. The Morgan fingerprint density at radius 3 is 2.53 bits per heavy atom. The second-order valence-corrected chi connectivity index (χ2v) is 6.76. The van der Waals surface area contributed by atoms with Crippen LogP contribution in [0, 0.1) is 0 Å². The lowest BCUT2D eigenvalue weighted by Gasteiger charge is -2.06. The van der Waals surface area contributed by atoms with Crippen molar-refractivity contribution in [1.29, 1.82) is 0 Å². The Bertz CT molecular complexity index is 480. The lowest BCUT2D eigenvalue weighted by Crippen LogP contribution is -2.08. The molecule has 5 heteroatoms. The molecule has 1 aromatic carbocycles. The highest BCUT2D eigenvalue weighted by atomic mass is 79.9. The number of rotatable bonds is 3. The van der Waals surface area contributed by atoms with Gasteiger partial charge in [-0.25, -0.2) is 8.42 Å². The van der Waals surface area contributed by atoms with Gasteiger partial charge in [0.1, 0.15) is 0 Å². The number of nitrogens with two attached hydrogens (primary N) is 1. The summed E-state index contributed by atoms with van der Waals surface area (Å²) in [5.41, 5.74) is 6.41. The minimum absolute atomic E-state index is 0.169. The van der Waals surface area contributed by atoms with Crippen molar-refractivity contribution in [2.45, 2.75) is 29.5 Å². The van der Waals surface area contributed by atoms with E-state index in [0.717, 1.165) is 18.4 Å². The molecule has 0 unspecified atom stereocenters. The molecule has 1 aliphatic rings. The van der Waals surface area contributed by atoms with Crippen LogP contribution in [0.3, 0.4) is 0 Å². The highest BCUT2D eigenvalue weighted by Crippen LogP contribution is 2.36. The van der Waals surface area contributed by atoms with Crippen molar-refractivity contribution in [3.8, 4) is 0 Å². The van der Waals surface area contributed by atoms with Crippen molar-refractivity contribution in [1.82, 2.24) is 0 Å². The Balaban J connectivity index is 2.45. The molecule has 1 saturated carbocycles. The fourth-order valence-corrected chi connectivity index (χ4v) is 4.27. The number of hydrogen-bond acceptors (Lipinski definition) is 3. The van der Waals surface area contributed by atoms with Crippen LogP contribution in [0.15, 0.2) is 27.6 Å². The lowest BCUT2D eigenvalue weighted by molar-refractivity contribution is 0.594. The van der Waals surface area contributed by atoms with Gasteiger partial charge in [0.05, 0.1) is 10.1 Å². The van der Waals surface area contributed by atoms with E-state index in [0.29, 0.717) is 15.9 Å². The third-order valence-corrected chi connectivity index (χ3v) is 5.74. The van der Waals surface area contributed by atoms with Gasteiger partial charge in [-0.1, -0.05) is 6.07 Å². The molecule has 0 amide bonds. The molecule has 0 aromatic heterocycles. The van der Waals surface area contributed by atoms with E-state index in [1.807, 2.05) is 0 Å². The highest BCUT2D eigenvalue weighted by molar-refractivity contribution is 9.10. The van der Waals surface area contributed by atoms with Gasteiger partial charge < -0.3 is 5.73 Å². The summed E-state index contributed by atoms with van der Waals surface area (Å²) in [7, 11) is -3.11. The van der Waals surface area contributed by atoms with Gasteiger partial charge in [-0.15, -0.1) is 0 Å². The number of benzene rings is 1. The van der Waals surface area contributed by atoms with Crippen LogP contribution in [-0.2, 0) is 16.4 Å². The molecule has 0 saturated heterocycles. The molecule has 82 valence electrons. The van der Waals surface area contributed by atoms with E-state index in [1.54, 1.807) is 18.2 Å². The predicted molar refractivity (Wildman–Crippen MR) is 62.2 cm³/mol. The van der Waals surface area contributed by atoms with E-state index < -0.39 is 9.84 Å². The van der Waals surface area contributed by atoms with Gasteiger partial charge in [0, 0.05) is 11.0 Å². The van der Waals surface area contributed by atoms with E-state index in [9.17, 15) is 8.42 Å². The maximum absolute atomic E-state index is 12.0. The molecule has 0 bridgehead atoms. The lowest BCUT2D eigenvalue weighted by atomic mass is 10.2. The molecule has 2 rings (SSSR count). The average Bonchev–Trinajstić information content (AvgIpc) is 3.00. The smallest absolute Gasteiger partial charge is 0.182 e. The van der Waals surface area contributed by atoms with Gasteiger partial charge in [0.15, 0.2) is 9.84 Å². The van der Waals surface area contributed by atoms with Gasteiger partial charge in [0.25, 0.3) is 0 Å². The first-order valence-electron chi connectivity index (χ1n) is 4.78. The molecular formula is C10H12BrNO2S. The van der Waals surface area contributed by atoms with Crippen molar-refractivity contribution >= 4 is 25.8 Å². The molecule has 3 nitrogen and oxygen atoms in total. The molecule has 0 aliphatic heterocycles. The fraction of sp³-hybridized carbons (Fsp3) is 0.400. The van der Waals surface area contributed by atoms with Crippen molar-refractivity contribution in [2.24, 2.45) is 5.73 Å². The van der Waals surface area contributed by atoms with E-state index in [-0.39, 0.29) is 5.25 Å². The van der Waals surface area contributed by atoms with Crippen LogP contribution < -0.4 is 5.73 Å². The number of sulfone groups is 1. The molecule has 2 N–H and O–H groups in total. The van der Waals surface area contributed by atoms with Crippen LogP contribution in [0.25, 0.3) is 0 Å². The summed E-state index contributed by atoms with van der Waals surface area (Å²) in [5, 5.41) is -0.169. The topological polar surface area (TPSA) is 60.2 Å². The van der Waals surface area contributed by atoms with Crippen molar-refractivity contribution in [2.75, 3.05) is 0 Å². The Morgan fingerprint density at radius 2 is 2.07 bits per heavy atom. The van der Waals surface area contributed by atoms with Crippen LogP contribution in [0.4, 0.5) is 0 Å². The molecule has 0 spiro atoms. The predicted octanol–water partition coefficient (Wildman–Crippen LogP) is 1.84. The summed E-state index contributed by atoms with van der Waals surface area (Å²) in [6, 6.07) is 5.18. The molecule has 0 atom stereocenters. The van der Waals surface area contributed by atoms with Gasteiger partial charge >= 0.3 is 0 Å². The van der Waals surface area contributed by atoms with E-state index in [2.05, 4.69) is 15.9 Å². The number of halogens is 1. The minimum Gasteiger partial charge on any atom is -0.326 e. The standard InChI is InChI=1S/C10H12BrNO2S/c11-9-5-7(6-12)1-4-10(9)15(13,14)8-2-3-8/h1,4-5,8H,2-3,6,12H2. The third kappa shape index (κ3) is 2.09. The second kappa shape index (κ2) is 3.88. The molecule has 15 heavy (non-hydrogen) atoms. The summed E-state index contributed by atoms with van der Waals surface area (Å²) in [6.45, 7) is 0.419. The monoisotopic (exact) mass is 289 g/mol. The zero-order valence-corrected chi connectivity index (χ0v) is 10.5. The average molecular weight is 290 g/mol. The fourth-order valence-electron chi connectivity index (χ4n) is 1.46. The maximum Gasteiger partial charge on any atom is 0.182 e. The SMILES string of the molecule is NCc1ccc(S(=O)(=O)C2CC2)c(Br)c1. The largest absolute Gasteiger partial charge is 0.326 e. The summed E-state index contributed by atoms with van der Waals surface area (Å²) in [4.78, 5) is 0.391. The van der Waals surface area contributed by atoms with Gasteiger partial charge in [-0.3, -0.25) is 0 Å². The van der Waals surface area contributed by atoms with Gasteiger partial charge in [-0.2, -0.15) is 0 Å². The zero-order valence-electron chi connectivity index (χ0n) is 8.11. The Morgan fingerprint density at radius 1 is 1.40 bits per heavy atom. The molecule has 0 heterocycles. The van der Waals surface area contributed by atoms with E-state index >= 15 is 0 Å². The summed E-state index contributed by atoms with van der Waals surface area (Å²) in [5.74, 6) is 0. The first-order valence-corrected chi connectivity index (χ1v) is 7.12. The normalized spacial score (nSPS) is 16.7. The minimum atomic E-state index is -3.11. The second-order valence-electron chi connectivity index (χ2n) is 3.71. The van der Waals surface area contributed by atoms with Crippen LogP contribution in [-0.4, -0.2) is 13.7 Å². The summed E-state index contributed by atoms with van der Waals surface area (Å²) in [6.07, 6.45) is 1.57. The first kappa shape index (κ1) is 11.1. The Labute approximate surface area is 97.7 Å². The zero-order chi connectivity index (χ0) is 11.1. The van der Waals surface area contributed by atoms with Crippen LogP contribution in [0.1, 0.15) is 18.4 Å².